The molecule has 0 aromatic heterocycles. The number of hydrogen-bond donors (Lipinski definition) is 2. The van der Waals surface area contributed by atoms with E-state index in [1.54, 1.807) is 4.90 Å². The molecule has 0 spiro atoms. The van der Waals surface area contributed by atoms with Crippen LogP contribution >= 0.6 is 12.6 Å². The zero-order valence-corrected chi connectivity index (χ0v) is 11.2. The van der Waals surface area contributed by atoms with Crippen LogP contribution in [0, 0.1) is 0 Å². The fourth-order valence-corrected chi connectivity index (χ4v) is 1.89. The van der Waals surface area contributed by atoms with E-state index < -0.39 is 5.60 Å². The van der Waals surface area contributed by atoms with Crippen molar-refractivity contribution < 1.29 is 9.53 Å². The average Bonchev–Trinajstić information content (AvgIpc) is 2.15. The first-order chi connectivity index (χ1) is 7.33. The first-order valence-corrected chi connectivity index (χ1v) is 5.85. The number of nitrogens with zero attached hydrogens (tertiary/aromatic N) is 1. The van der Waals surface area contributed by atoms with Crippen molar-refractivity contribution in [1.82, 2.24) is 10.2 Å². The number of ether oxygens (including phenoxy) is 1. The Kier molecular flexibility index (Phi) is 4.13. The molecule has 16 heavy (non-hydrogen) atoms. The summed E-state index contributed by atoms with van der Waals surface area (Å²) in [6, 6.07) is 0. The molecule has 1 N–H and O–H groups in total. The van der Waals surface area contributed by atoms with Gasteiger partial charge in [-0.15, -0.1) is 12.6 Å². The predicted molar refractivity (Wildman–Crippen MR) is 67.5 cm³/mol. The molecular formula is C11H20N2O2S. The van der Waals surface area contributed by atoms with Gasteiger partial charge < -0.3 is 15.0 Å². The number of amides is 1. The number of rotatable bonds is 1. The molecule has 4 nitrogen and oxygen atoms in total. The lowest BCUT2D eigenvalue weighted by Gasteiger charge is -2.31. The van der Waals surface area contributed by atoms with Gasteiger partial charge in [-0.1, -0.05) is 0 Å². The summed E-state index contributed by atoms with van der Waals surface area (Å²) in [6.45, 7) is 6.80. The van der Waals surface area contributed by atoms with E-state index in [1.165, 1.54) is 0 Å². The van der Waals surface area contributed by atoms with E-state index in [1.807, 2.05) is 27.8 Å². The number of thiol groups is 1. The monoisotopic (exact) mass is 244 g/mol. The molecule has 0 aromatic carbocycles. The summed E-state index contributed by atoms with van der Waals surface area (Å²) in [7, 11) is 1.87. The topological polar surface area (TPSA) is 41.6 Å². The highest BCUT2D eigenvalue weighted by Gasteiger charge is 2.25. The van der Waals surface area contributed by atoms with Crippen LogP contribution in [0.1, 0.15) is 27.2 Å². The summed E-state index contributed by atoms with van der Waals surface area (Å²) in [6.07, 6.45) is 0.531. The SMILES string of the molecule is CNC1=C(S)CN(C(=O)OC(C)(C)C)CC1. The smallest absolute Gasteiger partial charge is 0.410 e. The average molecular weight is 244 g/mol. The second kappa shape index (κ2) is 4.99. The summed E-state index contributed by atoms with van der Waals surface area (Å²) in [5.41, 5.74) is 0.657. The van der Waals surface area contributed by atoms with E-state index in [2.05, 4.69) is 17.9 Å². The molecule has 1 amide bonds. The maximum absolute atomic E-state index is 11.8. The lowest BCUT2D eigenvalue weighted by Crippen LogP contribution is -2.41. The van der Waals surface area contributed by atoms with Gasteiger partial charge in [-0.3, -0.25) is 0 Å². The molecule has 0 fully saturated rings. The van der Waals surface area contributed by atoms with Crippen molar-refractivity contribution >= 4 is 18.7 Å². The molecule has 0 bridgehead atoms. The van der Waals surface area contributed by atoms with Crippen molar-refractivity contribution in [3.05, 3.63) is 10.6 Å². The van der Waals surface area contributed by atoms with E-state index in [4.69, 9.17) is 4.74 Å². The Labute approximate surface area is 102 Å². The molecule has 5 heteroatoms. The molecule has 1 aliphatic rings. The molecule has 1 rings (SSSR count). The van der Waals surface area contributed by atoms with Gasteiger partial charge >= 0.3 is 6.09 Å². The van der Waals surface area contributed by atoms with Gasteiger partial charge in [0.15, 0.2) is 0 Å². The zero-order chi connectivity index (χ0) is 12.3. The summed E-state index contributed by atoms with van der Waals surface area (Å²) < 4.78 is 5.30. The van der Waals surface area contributed by atoms with Crippen LogP contribution < -0.4 is 5.32 Å². The highest BCUT2D eigenvalue weighted by Crippen LogP contribution is 2.20. The Morgan fingerprint density at radius 1 is 1.50 bits per heavy atom. The fraction of sp³-hybridized carbons (Fsp3) is 0.727. The van der Waals surface area contributed by atoms with E-state index in [9.17, 15) is 4.79 Å². The number of carbonyl (C=O) groups excluding carboxylic acids is 1. The van der Waals surface area contributed by atoms with Gasteiger partial charge in [0.05, 0.1) is 6.54 Å². The lowest BCUT2D eigenvalue weighted by molar-refractivity contribution is 0.0263. The Hall–Kier alpha value is -0.840. The largest absolute Gasteiger partial charge is 0.444 e. The molecule has 0 unspecified atom stereocenters. The van der Waals surface area contributed by atoms with Crippen LogP contribution in [0.5, 0.6) is 0 Å². The third kappa shape index (κ3) is 3.63. The molecule has 0 aromatic rings. The molecule has 92 valence electrons. The fourth-order valence-electron chi connectivity index (χ4n) is 1.50. The van der Waals surface area contributed by atoms with Crippen LogP contribution in [0.15, 0.2) is 10.6 Å². The minimum absolute atomic E-state index is 0.269. The molecule has 1 aliphatic heterocycles. The third-order valence-electron chi connectivity index (χ3n) is 2.27. The quantitative estimate of drug-likeness (QED) is 0.693. The molecule has 0 saturated heterocycles. The number of hydrogen-bond acceptors (Lipinski definition) is 4. The van der Waals surface area contributed by atoms with Crippen LogP contribution in [0.25, 0.3) is 0 Å². The van der Waals surface area contributed by atoms with Crippen molar-refractivity contribution in [2.75, 3.05) is 20.1 Å². The summed E-state index contributed by atoms with van der Waals surface area (Å²) in [4.78, 5) is 14.4. The summed E-state index contributed by atoms with van der Waals surface area (Å²) >= 11 is 4.37. The van der Waals surface area contributed by atoms with Crippen molar-refractivity contribution in [3.8, 4) is 0 Å². The molecular weight excluding hydrogens is 224 g/mol. The second-order valence-corrected chi connectivity index (χ2v) is 5.37. The van der Waals surface area contributed by atoms with E-state index >= 15 is 0 Å². The summed E-state index contributed by atoms with van der Waals surface area (Å²) in [5.74, 6) is 0. The predicted octanol–water partition coefficient (Wildman–Crippen LogP) is 1.99. The molecule has 0 atom stereocenters. The molecule has 1 heterocycles. The standard InChI is InChI=1S/C11H20N2O2S/c1-11(2,3)15-10(14)13-6-5-8(12-4)9(16)7-13/h12,16H,5-7H2,1-4H3. The van der Waals surface area contributed by atoms with E-state index in [0.29, 0.717) is 13.1 Å². The highest BCUT2D eigenvalue weighted by molar-refractivity contribution is 7.84. The van der Waals surface area contributed by atoms with Crippen molar-refractivity contribution in [3.63, 3.8) is 0 Å². The van der Waals surface area contributed by atoms with Crippen molar-refractivity contribution in [1.29, 1.82) is 0 Å². The summed E-state index contributed by atoms with van der Waals surface area (Å²) in [5, 5.41) is 3.09. The Bertz CT molecular complexity index is 308. The number of carbonyl (C=O) groups is 1. The van der Waals surface area contributed by atoms with Gasteiger partial charge in [0.1, 0.15) is 5.60 Å². The van der Waals surface area contributed by atoms with Crippen LogP contribution in [0.3, 0.4) is 0 Å². The van der Waals surface area contributed by atoms with Gasteiger partial charge in [-0.05, 0) is 20.8 Å². The van der Waals surface area contributed by atoms with Gasteiger partial charge in [0.25, 0.3) is 0 Å². The Morgan fingerprint density at radius 2 is 2.12 bits per heavy atom. The minimum atomic E-state index is -0.444. The molecule has 0 radical (unpaired) electrons. The maximum Gasteiger partial charge on any atom is 0.410 e. The van der Waals surface area contributed by atoms with Gasteiger partial charge in [-0.2, -0.15) is 0 Å². The Morgan fingerprint density at radius 3 is 2.56 bits per heavy atom. The van der Waals surface area contributed by atoms with Crippen LogP contribution in [-0.2, 0) is 4.74 Å². The van der Waals surface area contributed by atoms with E-state index in [0.717, 1.165) is 17.0 Å². The van der Waals surface area contributed by atoms with Gasteiger partial charge in [-0.25, -0.2) is 4.79 Å². The van der Waals surface area contributed by atoms with Crippen LogP contribution in [0.2, 0.25) is 0 Å². The first-order valence-electron chi connectivity index (χ1n) is 5.40. The minimum Gasteiger partial charge on any atom is -0.444 e. The number of nitrogens with one attached hydrogen (secondary N) is 1. The molecule has 0 saturated carbocycles. The zero-order valence-electron chi connectivity index (χ0n) is 10.3. The van der Waals surface area contributed by atoms with Gasteiger partial charge in [0, 0.05) is 30.6 Å². The van der Waals surface area contributed by atoms with Crippen molar-refractivity contribution in [2.45, 2.75) is 32.8 Å². The maximum atomic E-state index is 11.8. The second-order valence-electron chi connectivity index (χ2n) is 4.83. The van der Waals surface area contributed by atoms with Crippen LogP contribution in [-0.4, -0.2) is 36.7 Å². The van der Waals surface area contributed by atoms with Gasteiger partial charge in [0.2, 0.25) is 0 Å². The van der Waals surface area contributed by atoms with E-state index in [-0.39, 0.29) is 6.09 Å². The Balaban J connectivity index is 2.59. The highest BCUT2D eigenvalue weighted by atomic mass is 32.1. The van der Waals surface area contributed by atoms with Crippen molar-refractivity contribution in [2.24, 2.45) is 0 Å². The van der Waals surface area contributed by atoms with Crippen LogP contribution in [0.4, 0.5) is 4.79 Å². The normalized spacial score (nSPS) is 17.4. The molecule has 0 aliphatic carbocycles. The first kappa shape index (κ1) is 13.2. The lowest BCUT2D eigenvalue weighted by atomic mass is 10.2. The third-order valence-corrected chi connectivity index (χ3v) is 2.69.